The molecule has 0 aliphatic heterocycles. The van der Waals surface area contributed by atoms with Crippen molar-refractivity contribution in [1.82, 2.24) is 25.2 Å². The van der Waals surface area contributed by atoms with Gasteiger partial charge in [-0.1, -0.05) is 18.2 Å². The topological polar surface area (TPSA) is 66.6 Å². The van der Waals surface area contributed by atoms with Crippen LogP contribution in [0.3, 0.4) is 0 Å². The maximum Gasteiger partial charge on any atom is 0.191 e. The van der Waals surface area contributed by atoms with Gasteiger partial charge >= 0.3 is 0 Å². The minimum absolute atomic E-state index is 0.240. The molecule has 124 valence electrons. The predicted molar refractivity (Wildman–Crippen MR) is 91.3 cm³/mol. The van der Waals surface area contributed by atoms with Crippen LogP contribution >= 0.6 is 0 Å². The van der Waals surface area contributed by atoms with Gasteiger partial charge in [0.2, 0.25) is 0 Å². The zero-order valence-electron chi connectivity index (χ0n) is 13.4. The van der Waals surface area contributed by atoms with Gasteiger partial charge in [0, 0.05) is 32.8 Å². The Morgan fingerprint density at radius 2 is 2.08 bits per heavy atom. The van der Waals surface area contributed by atoms with Crippen LogP contribution in [-0.2, 0) is 13.0 Å². The summed E-state index contributed by atoms with van der Waals surface area (Å²) in [5.41, 5.74) is 1.70. The molecule has 0 spiro atoms. The number of aliphatic imine (C=N–C) groups is 1. The minimum Gasteiger partial charge on any atom is -0.356 e. The third-order valence-electron chi connectivity index (χ3n) is 3.60. The Balaban J connectivity index is 1.51. The zero-order valence-corrected chi connectivity index (χ0v) is 13.4. The van der Waals surface area contributed by atoms with E-state index >= 15 is 0 Å². The molecule has 0 fully saturated rings. The Bertz CT molecular complexity index is 842. The van der Waals surface area contributed by atoms with E-state index in [1.54, 1.807) is 13.1 Å². The van der Waals surface area contributed by atoms with Crippen molar-refractivity contribution in [3.05, 3.63) is 65.9 Å². The molecule has 0 unspecified atom stereocenters. The highest BCUT2D eigenvalue weighted by molar-refractivity contribution is 5.79. The van der Waals surface area contributed by atoms with Crippen molar-refractivity contribution in [2.75, 3.05) is 13.6 Å². The molecule has 0 saturated heterocycles. The molecule has 7 heteroatoms. The van der Waals surface area contributed by atoms with E-state index in [1.807, 2.05) is 34.9 Å². The molecule has 0 atom stereocenters. The molecule has 0 amide bonds. The van der Waals surface area contributed by atoms with Gasteiger partial charge in [-0.05, 0) is 29.8 Å². The second-order valence-electron chi connectivity index (χ2n) is 5.28. The number of nitrogens with zero attached hydrogens (tertiary/aromatic N) is 4. The first-order valence-electron chi connectivity index (χ1n) is 7.74. The van der Waals surface area contributed by atoms with Gasteiger partial charge in [-0.25, -0.2) is 4.39 Å². The van der Waals surface area contributed by atoms with E-state index in [0.717, 1.165) is 17.0 Å². The molecule has 2 aromatic heterocycles. The van der Waals surface area contributed by atoms with E-state index in [0.29, 0.717) is 25.5 Å². The number of nitrogens with one attached hydrogen (secondary N) is 2. The predicted octanol–water partition coefficient (Wildman–Crippen LogP) is 1.78. The number of halogens is 1. The first-order valence-corrected chi connectivity index (χ1v) is 7.74. The lowest BCUT2D eigenvalue weighted by molar-refractivity contribution is 0.624. The van der Waals surface area contributed by atoms with E-state index < -0.39 is 0 Å². The molecule has 0 aliphatic carbocycles. The molecule has 0 radical (unpaired) electrons. The second kappa shape index (κ2) is 7.54. The molecule has 2 N–H and O–H groups in total. The van der Waals surface area contributed by atoms with Gasteiger partial charge < -0.3 is 10.6 Å². The summed E-state index contributed by atoms with van der Waals surface area (Å²) in [6, 6.07) is 12.3. The normalized spacial score (nSPS) is 11.7. The minimum atomic E-state index is -0.240. The van der Waals surface area contributed by atoms with E-state index in [2.05, 4.69) is 25.8 Å². The van der Waals surface area contributed by atoms with Gasteiger partial charge in [0.25, 0.3) is 0 Å². The summed E-state index contributed by atoms with van der Waals surface area (Å²) >= 11 is 0. The summed E-state index contributed by atoms with van der Waals surface area (Å²) in [7, 11) is 1.70. The summed E-state index contributed by atoms with van der Waals surface area (Å²) in [6.45, 7) is 1.17. The summed E-state index contributed by atoms with van der Waals surface area (Å²) < 4.78 is 15.1. The number of hydrogen-bond acceptors (Lipinski definition) is 3. The Morgan fingerprint density at radius 3 is 2.92 bits per heavy atom. The number of aromatic nitrogens is 3. The summed E-state index contributed by atoms with van der Waals surface area (Å²) in [6.07, 6.45) is 2.66. The maximum absolute atomic E-state index is 13.2. The van der Waals surface area contributed by atoms with Crippen molar-refractivity contribution in [3.8, 4) is 0 Å². The fourth-order valence-electron chi connectivity index (χ4n) is 2.41. The highest BCUT2D eigenvalue weighted by Gasteiger charge is 2.05. The average Bonchev–Trinajstić information content (AvgIpc) is 3.01. The van der Waals surface area contributed by atoms with Crippen LogP contribution in [0.2, 0.25) is 0 Å². The fraction of sp³-hybridized carbons (Fsp3) is 0.235. The van der Waals surface area contributed by atoms with Crippen molar-refractivity contribution in [2.24, 2.45) is 4.99 Å². The van der Waals surface area contributed by atoms with Crippen molar-refractivity contribution >= 4 is 11.6 Å². The van der Waals surface area contributed by atoms with Gasteiger partial charge in [-0.3, -0.25) is 9.39 Å². The largest absolute Gasteiger partial charge is 0.356 e. The Labute approximate surface area is 139 Å². The summed E-state index contributed by atoms with van der Waals surface area (Å²) in [4.78, 5) is 4.16. The fourth-order valence-corrected chi connectivity index (χ4v) is 2.41. The van der Waals surface area contributed by atoms with E-state index in [1.165, 1.54) is 12.1 Å². The second-order valence-corrected chi connectivity index (χ2v) is 5.28. The number of rotatable bonds is 5. The van der Waals surface area contributed by atoms with Gasteiger partial charge in [-0.15, -0.1) is 10.2 Å². The monoisotopic (exact) mass is 326 g/mol. The quantitative estimate of drug-likeness (QED) is 0.554. The van der Waals surface area contributed by atoms with Crippen molar-refractivity contribution in [3.63, 3.8) is 0 Å². The molecular formula is C17H19FN6. The van der Waals surface area contributed by atoms with Crippen molar-refractivity contribution in [1.29, 1.82) is 0 Å². The molecule has 2 heterocycles. The average molecular weight is 326 g/mol. The lowest BCUT2D eigenvalue weighted by Gasteiger charge is -2.11. The molecule has 3 rings (SSSR count). The van der Waals surface area contributed by atoms with Crippen LogP contribution in [0.15, 0.2) is 53.7 Å². The molecule has 24 heavy (non-hydrogen) atoms. The number of hydrogen-bond donors (Lipinski definition) is 2. The first kappa shape index (κ1) is 15.9. The third-order valence-corrected chi connectivity index (χ3v) is 3.60. The molecule has 0 bridgehead atoms. The number of pyridine rings is 1. The summed E-state index contributed by atoms with van der Waals surface area (Å²) in [5.74, 6) is 1.31. The van der Waals surface area contributed by atoms with Crippen LogP contribution in [0, 0.1) is 5.82 Å². The van der Waals surface area contributed by atoms with Crippen LogP contribution in [0.5, 0.6) is 0 Å². The van der Waals surface area contributed by atoms with Crippen molar-refractivity contribution < 1.29 is 4.39 Å². The molecule has 1 aromatic carbocycles. The van der Waals surface area contributed by atoms with Crippen LogP contribution in [0.1, 0.15) is 11.4 Å². The van der Waals surface area contributed by atoms with Gasteiger partial charge in [0.05, 0.1) is 0 Å². The highest BCUT2D eigenvalue weighted by Crippen LogP contribution is 2.04. The highest BCUT2D eigenvalue weighted by atomic mass is 19.1. The van der Waals surface area contributed by atoms with Gasteiger partial charge in [-0.2, -0.15) is 0 Å². The molecule has 0 aliphatic rings. The Hall–Kier alpha value is -2.96. The van der Waals surface area contributed by atoms with Crippen LogP contribution in [0.4, 0.5) is 4.39 Å². The van der Waals surface area contributed by atoms with Crippen LogP contribution < -0.4 is 10.6 Å². The van der Waals surface area contributed by atoms with Crippen LogP contribution in [0.25, 0.3) is 5.65 Å². The first-order chi connectivity index (χ1) is 11.8. The Morgan fingerprint density at radius 1 is 1.17 bits per heavy atom. The SMILES string of the molecule is CN=C(NCCc1nnc2ccccn12)NCc1cccc(F)c1. The molecule has 0 saturated carbocycles. The number of benzene rings is 1. The lowest BCUT2D eigenvalue weighted by atomic mass is 10.2. The number of fused-ring (bicyclic) bond motifs is 1. The van der Waals surface area contributed by atoms with Gasteiger partial charge in [0.1, 0.15) is 11.6 Å². The standard InChI is InChI=1S/C17H19FN6/c1-19-17(21-12-13-5-4-6-14(18)11-13)20-9-8-16-23-22-15-7-2-3-10-24(15)16/h2-7,10-11H,8-9,12H2,1H3,(H2,19,20,21). The zero-order chi connectivity index (χ0) is 16.8. The third kappa shape index (κ3) is 3.87. The molecular weight excluding hydrogens is 307 g/mol. The van der Waals surface area contributed by atoms with Crippen LogP contribution in [-0.4, -0.2) is 34.2 Å². The van der Waals surface area contributed by atoms with E-state index in [-0.39, 0.29) is 5.82 Å². The van der Waals surface area contributed by atoms with Crippen molar-refractivity contribution in [2.45, 2.75) is 13.0 Å². The van der Waals surface area contributed by atoms with Gasteiger partial charge in [0.15, 0.2) is 11.6 Å². The summed E-state index contributed by atoms with van der Waals surface area (Å²) in [5, 5.41) is 14.7. The molecule has 6 nitrogen and oxygen atoms in total. The Kier molecular flexibility index (Phi) is 5.00. The lowest BCUT2D eigenvalue weighted by Crippen LogP contribution is -2.38. The molecule has 3 aromatic rings. The van der Waals surface area contributed by atoms with E-state index in [9.17, 15) is 4.39 Å². The maximum atomic E-state index is 13.2. The number of guanidine groups is 1. The van der Waals surface area contributed by atoms with E-state index in [4.69, 9.17) is 0 Å². The smallest absolute Gasteiger partial charge is 0.191 e.